The molecule has 3 rings (SSSR count). The third-order valence-electron chi connectivity index (χ3n) is 3.63. The number of carbonyl (C=O) groups is 2. The second kappa shape index (κ2) is 6.56. The van der Waals surface area contributed by atoms with Gasteiger partial charge < -0.3 is 14.5 Å². The summed E-state index contributed by atoms with van der Waals surface area (Å²) in [5, 5.41) is 3.49. The number of pyridine rings is 1. The second-order valence-electron chi connectivity index (χ2n) is 5.34. The maximum Gasteiger partial charge on any atom is 0.356 e. The minimum atomic E-state index is -0.577. The fraction of sp³-hybridized carbons (Fsp3) is 0.111. The van der Waals surface area contributed by atoms with Gasteiger partial charge >= 0.3 is 11.6 Å². The van der Waals surface area contributed by atoms with Crippen LogP contribution in [0.15, 0.2) is 51.8 Å². The van der Waals surface area contributed by atoms with Gasteiger partial charge in [-0.05, 0) is 36.8 Å². The van der Waals surface area contributed by atoms with E-state index < -0.39 is 17.5 Å². The van der Waals surface area contributed by atoms with Crippen molar-refractivity contribution in [2.75, 3.05) is 12.4 Å². The molecule has 0 aliphatic rings. The number of nitrogens with zero attached hydrogens (tertiary/aromatic N) is 1. The van der Waals surface area contributed by atoms with Crippen molar-refractivity contribution in [3.8, 4) is 0 Å². The highest BCUT2D eigenvalue weighted by Gasteiger charge is 2.11. The number of methoxy groups -OCH3 is 1. The van der Waals surface area contributed by atoms with Crippen LogP contribution in [0.1, 0.15) is 26.4 Å². The van der Waals surface area contributed by atoms with Crippen molar-refractivity contribution in [3.05, 3.63) is 69.8 Å². The Morgan fingerprint density at radius 2 is 1.96 bits per heavy atom. The Labute approximate surface area is 142 Å². The van der Waals surface area contributed by atoms with Gasteiger partial charge in [0.15, 0.2) is 0 Å². The molecule has 7 heteroatoms. The van der Waals surface area contributed by atoms with Gasteiger partial charge in [-0.15, -0.1) is 0 Å². The van der Waals surface area contributed by atoms with E-state index in [0.29, 0.717) is 11.3 Å². The number of hydrogen-bond donors (Lipinski definition) is 1. The molecule has 0 fully saturated rings. The molecule has 0 spiro atoms. The first kappa shape index (κ1) is 16.4. The van der Waals surface area contributed by atoms with Crippen LogP contribution in [-0.4, -0.2) is 24.0 Å². The van der Waals surface area contributed by atoms with Crippen LogP contribution < -0.4 is 10.9 Å². The molecule has 0 unspecified atom stereocenters. The quantitative estimate of drug-likeness (QED) is 0.582. The lowest BCUT2D eigenvalue weighted by molar-refractivity contribution is 0.0593. The van der Waals surface area contributed by atoms with Gasteiger partial charge in [0.2, 0.25) is 0 Å². The van der Waals surface area contributed by atoms with Crippen molar-refractivity contribution in [2.45, 2.75) is 6.92 Å². The molecule has 2 heterocycles. The van der Waals surface area contributed by atoms with Gasteiger partial charge in [-0.3, -0.25) is 4.79 Å². The molecule has 0 atom stereocenters. The van der Waals surface area contributed by atoms with Gasteiger partial charge in [0.05, 0.1) is 12.7 Å². The first-order chi connectivity index (χ1) is 12.0. The maximum atomic E-state index is 12.3. The molecule has 0 aliphatic heterocycles. The molecule has 0 aliphatic carbocycles. The summed E-state index contributed by atoms with van der Waals surface area (Å²) in [6.45, 7) is 1.81. The minimum Gasteiger partial charge on any atom is -0.464 e. The number of nitrogens with one attached hydrogen (secondary N) is 1. The average molecular weight is 338 g/mol. The van der Waals surface area contributed by atoms with E-state index >= 15 is 0 Å². The number of esters is 1. The average Bonchev–Trinajstić information content (AvgIpc) is 2.60. The largest absolute Gasteiger partial charge is 0.464 e. The highest BCUT2D eigenvalue weighted by Crippen LogP contribution is 2.21. The van der Waals surface area contributed by atoms with Crippen molar-refractivity contribution in [3.63, 3.8) is 0 Å². The lowest BCUT2D eigenvalue weighted by Gasteiger charge is -2.07. The van der Waals surface area contributed by atoms with Gasteiger partial charge in [-0.1, -0.05) is 0 Å². The molecule has 1 aromatic carbocycles. The van der Waals surface area contributed by atoms with Crippen molar-refractivity contribution >= 4 is 28.5 Å². The number of carbonyl (C=O) groups excluding carboxylic acids is 2. The molecular weight excluding hydrogens is 324 g/mol. The van der Waals surface area contributed by atoms with E-state index in [1.54, 1.807) is 18.2 Å². The highest BCUT2D eigenvalue weighted by molar-refractivity contribution is 6.05. The Balaban J connectivity index is 1.84. The van der Waals surface area contributed by atoms with Gasteiger partial charge in [0.25, 0.3) is 5.91 Å². The Bertz CT molecular complexity index is 1020. The number of aryl methyl sites for hydroxylation is 1. The van der Waals surface area contributed by atoms with Crippen LogP contribution in [0, 0.1) is 6.92 Å². The SMILES string of the molecule is COC(=O)c1ccc(C(=O)Nc2ccc3c(C)cc(=O)oc3c2)cn1. The molecule has 0 saturated heterocycles. The Kier molecular flexibility index (Phi) is 4.30. The number of benzene rings is 1. The zero-order valence-corrected chi connectivity index (χ0v) is 13.5. The zero-order valence-electron chi connectivity index (χ0n) is 13.5. The predicted octanol–water partition coefficient (Wildman–Crippen LogP) is 2.54. The molecule has 25 heavy (non-hydrogen) atoms. The lowest BCUT2D eigenvalue weighted by Crippen LogP contribution is -2.13. The van der Waals surface area contributed by atoms with Crippen molar-refractivity contribution < 1.29 is 18.7 Å². The third-order valence-corrected chi connectivity index (χ3v) is 3.63. The van der Waals surface area contributed by atoms with Crippen LogP contribution in [0.4, 0.5) is 5.69 Å². The molecule has 0 bridgehead atoms. The summed E-state index contributed by atoms with van der Waals surface area (Å²) in [5.41, 5.74) is 1.61. The molecule has 1 N–H and O–H groups in total. The molecule has 3 aromatic rings. The third kappa shape index (κ3) is 3.40. The molecular formula is C18H14N2O5. The summed E-state index contributed by atoms with van der Waals surface area (Å²) in [4.78, 5) is 39.0. The summed E-state index contributed by atoms with van der Waals surface area (Å²) in [5.74, 6) is -0.981. The summed E-state index contributed by atoms with van der Waals surface area (Å²) in [7, 11) is 1.25. The predicted molar refractivity (Wildman–Crippen MR) is 90.8 cm³/mol. The molecule has 0 radical (unpaired) electrons. The van der Waals surface area contributed by atoms with E-state index in [1.165, 1.54) is 31.5 Å². The first-order valence-electron chi connectivity index (χ1n) is 7.38. The fourth-order valence-electron chi connectivity index (χ4n) is 2.36. The Hall–Kier alpha value is -3.48. The molecule has 126 valence electrons. The van der Waals surface area contributed by atoms with Crippen molar-refractivity contribution in [1.29, 1.82) is 0 Å². The van der Waals surface area contributed by atoms with Crippen LogP contribution in [0.25, 0.3) is 11.0 Å². The van der Waals surface area contributed by atoms with E-state index in [4.69, 9.17) is 4.42 Å². The number of aromatic nitrogens is 1. The zero-order chi connectivity index (χ0) is 18.0. The second-order valence-corrected chi connectivity index (χ2v) is 5.34. The summed E-state index contributed by atoms with van der Waals surface area (Å²) in [6, 6.07) is 9.35. The molecule has 7 nitrogen and oxygen atoms in total. The van der Waals surface area contributed by atoms with Crippen LogP contribution in [0.3, 0.4) is 0 Å². The van der Waals surface area contributed by atoms with Gasteiger partial charge in [0, 0.05) is 29.4 Å². The number of anilines is 1. The van der Waals surface area contributed by atoms with Gasteiger partial charge in [-0.2, -0.15) is 0 Å². The molecule has 0 saturated carbocycles. The lowest BCUT2D eigenvalue weighted by atomic mass is 10.1. The number of hydrogen-bond acceptors (Lipinski definition) is 6. The summed E-state index contributed by atoms with van der Waals surface area (Å²) >= 11 is 0. The number of ether oxygens (including phenoxy) is 1. The van der Waals surface area contributed by atoms with E-state index in [0.717, 1.165) is 10.9 Å². The minimum absolute atomic E-state index is 0.113. The Morgan fingerprint density at radius 3 is 2.64 bits per heavy atom. The standard InChI is InChI=1S/C18H14N2O5/c1-10-7-16(21)25-15-8-12(4-5-13(10)15)20-17(22)11-3-6-14(19-9-11)18(23)24-2/h3-9H,1-2H3,(H,20,22). The van der Waals surface area contributed by atoms with Crippen LogP contribution in [0.2, 0.25) is 0 Å². The van der Waals surface area contributed by atoms with E-state index in [-0.39, 0.29) is 11.3 Å². The number of fused-ring (bicyclic) bond motifs is 1. The topological polar surface area (TPSA) is 98.5 Å². The van der Waals surface area contributed by atoms with E-state index in [9.17, 15) is 14.4 Å². The monoisotopic (exact) mass is 338 g/mol. The van der Waals surface area contributed by atoms with Crippen molar-refractivity contribution in [2.24, 2.45) is 0 Å². The van der Waals surface area contributed by atoms with Crippen LogP contribution >= 0.6 is 0 Å². The highest BCUT2D eigenvalue weighted by atomic mass is 16.5. The Morgan fingerprint density at radius 1 is 1.16 bits per heavy atom. The van der Waals surface area contributed by atoms with Crippen LogP contribution in [0.5, 0.6) is 0 Å². The van der Waals surface area contributed by atoms with E-state index in [2.05, 4.69) is 15.0 Å². The maximum absolute atomic E-state index is 12.3. The van der Waals surface area contributed by atoms with Gasteiger partial charge in [-0.25, -0.2) is 14.6 Å². The number of rotatable bonds is 3. The molecule has 2 aromatic heterocycles. The van der Waals surface area contributed by atoms with Crippen LogP contribution in [-0.2, 0) is 4.74 Å². The first-order valence-corrected chi connectivity index (χ1v) is 7.38. The fourth-order valence-corrected chi connectivity index (χ4v) is 2.36. The van der Waals surface area contributed by atoms with E-state index in [1.807, 2.05) is 6.92 Å². The van der Waals surface area contributed by atoms with Crippen molar-refractivity contribution in [1.82, 2.24) is 4.98 Å². The smallest absolute Gasteiger partial charge is 0.356 e. The molecule has 1 amide bonds. The van der Waals surface area contributed by atoms with Gasteiger partial charge in [0.1, 0.15) is 11.3 Å². The number of amides is 1. The normalized spacial score (nSPS) is 10.5. The summed E-state index contributed by atoms with van der Waals surface area (Å²) in [6.07, 6.45) is 1.28. The summed E-state index contributed by atoms with van der Waals surface area (Å²) < 4.78 is 9.71.